The summed E-state index contributed by atoms with van der Waals surface area (Å²) in [7, 11) is 0. The molecule has 1 unspecified atom stereocenters. The van der Waals surface area contributed by atoms with Gasteiger partial charge in [-0.3, -0.25) is 0 Å². The van der Waals surface area contributed by atoms with Gasteiger partial charge in [0.2, 0.25) is 0 Å². The highest BCUT2D eigenvalue weighted by Crippen LogP contribution is 2.57. The van der Waals surface area contributed by atoms with E-state index in [2.05, 4.69) is 12.2 Å². The maximum absolute atomic E-state index is 3.94. The molecule has 0 aromatic rings. The van der Waals surface area contributed by atoms with Gasteiger partial charge in [-0.05, 0) is 81.5 Å². The summed E-state index contributed by atoms with van der Waals surface area (Å²) < 4.78 is 0. The highest BCUT2D eigenvalue weighted by molar-refractivity contribution is 5.01. The van der Waals surface area contributed by atoms with Crippen molar-refractivity contribution in [3.8, 4) is 0 Å². The molecule has 0 spiro atoms. The van der Waals surface area contributed by atoms with Crippen molar-refractivity contribution >= 4 is 0 Å². The average Bonchev–Trinajstić information content (AvgIpc) is 2.22. The van der Waals surface area contributed by atoms with Gasteiger partial charge in [-0.15, -0.1) is 0 Å². The van der Waals surface area contributed by atoms with Gasteiger partial charge in [-0.2, -0.15) is 0 Å². The highest BCUT2D eigenvalue weighted by Gasteiger charge is 2.49. The van der Waals surface area contributed by atoms with Crippen molar-refractivity contribution in [2.45, 2.75) is 70.4 Å². The third-order valence-electron chi connectivity index (χ3n) is 6.48. The predicted octanol–water partition coefficient (Wildman–Crippen LogP) is 3.59. The van der Waals surface area contributed by atoms with E-state index in [1.165, 1.54) is 19.3 Å². The van der Waals surface area contributed by atoms with Gasteiger partial charge in [0.1, 0.15) is 0 Å². The van der Waals surface area contributed by atoms with Crippen LogP contribution in [0.3, 0.4) is 0 Å². The monoisotopic (exact) mass is 233 g/mol. The summed E-state index contributed by atoms with van der Waals surface area (Å²) >= 11 is 0. The minimum atomic E-state index is 0.801. The molecule has 5 fully saturated rings. The van der Waals surface area contributed by atoms with Crippen LogP contribution in [-0.2, 0) is 0 Å². The molecule has 96 valence electrons. The maximum atomic E-state index is 3.94. The van der Waals surface area contributed by atoms with Crippen LogP contribution in [0.5, 0.6) is 0 Å². The lowest BCUT2D eigenvalue weighted by atomic mass is 9.50. The Kier molecular flexibility index (Phi) is 2.54. The van der Waals surface area contributed by atoms with Gasteiger partial charge >= 0.3 is 0 Å². The lowest BCUT2D eigenvalue weighted by molar-refractivity contribution is -0.0517. The predicted molar refractivity (Wildman–Crippen MR) is 70.8 cm³/mol. The van der Waals surface area contributed by atoms with Crippen molar-refractivity contribution in [1.29, 1.82) is 0 Å². The molecular formula is C16H27N. The van der Waals surface area contributed by atoms with Crippen molar-refractivity contribution in [3.63, 3.8) is 0 Å². The molecule has 0 amide bonds. The molecule has 0 aliphatic heterocycles. The molecule has 1 atom stereocenters. The minimum absolute atomic E-state index is 0.801. The Morgan fingerprint density at radius 1 is 0.882 bits per heavy atom. The lowest BCUT2D eigenvalue weighted by Gasteiger charge is -2.56. The Balaban J connectivity index is 1.46. The van der Waals surface area contributed by atoms with Crippen LogP contribution in [-0.4, -0.2) is 12.1 Å². The van der Waals surface area contributed by atoms with E-state index in [1.54, 1.807) is 32.1 Å². The molecule has 0 heterocycles. The van der Waals surface area contributed by atoms with Gasteiger partial charge in [0.25, 0.3) is 0 Å². The molecule has 0 aromatic carbocycles. The Bertz CT molecular complexity index is 266. The normalized spacial score (nSPS) is 50.3. The second kappa shape index (κ2) is 3.98. The number of nitrogens with one attached hydrogen (secondary N) is 1. The molecule has 17 heavy (non-hydrogen) atoms. The van der Waals surface area contributed by atoms with E-state index in [9.17, 15) is 0 Å². The molecule has 4 bridgehead atoms. The summed E-state index contributed by atoms with van der Waals surface area (Å²) in [4.78, 5) is 0. The van der Waals surface area contributed by atoms with Gasteiger partial charge in [0.15, 0.2) is 0 Å². The standard InChI is InChI=1S/C16H27N/c1-10(17-15-3-2-4-15)16-13-6-11-5-12(8-13)9-14(16)7-11/h10-17H,2-9H2,1H3. The van der Waals surface area contributed by atoms with E-state index in [-0.39, 0.29) is 0 Å². The number of hydrogen-bond acceptors (Lipinski definition) is 1. The molecule has 1 heteroatoms. The van der Waals surface area contributed by atoms with Crippen LogP contribution in [0, 0.1) is 29.6 Å². The Labute approximate surface area is 106 Å². The zero-order valence-corrected chi connectivity index (χ0v) is 11.2. The van der Waals surface area contributed by atoms with Gasteiger partial charge < -0.3 is 5.32 Å². The molecule has 1 nitrogen and oxygen atoms in total. The van der Waals surface area contributed by atoms with Crippen molar-refractivity contribution in [2.24, 2.45) is 29.6 Å². The van der Waals surface area contributed by atoms with Crippen LogP contribution >= 0.6 is 0 Å². The van der Waals surface area contributed by atoms with Crippen LogP contribution in [0.2, 0.25) is 0 Å². The topological polar surface area (TPSA) is 12.0 Å². The molecule has 5 rings (SSSR count). The number of rotatable bonds is 3. The maximum Gasteiger partial charge on any atom is 0.00748 e. The minimum Gasteiger partial charge on any atom is -0.311 e. The summed E-state index contributed by atoms with van der Waals surface area (Å²) in [6, 6.07) is 1.68. The quantitative estimate of drug-likeness (QED) is 0.785. The second-order valence-corrected chi connectivity index (χ2v) is 7.59. The molecule has 5 aliphatic rings. The van der Waals surface area contributed by atoms with Crippen LogP contribution in [0.15, 0.2) is 0 Å². The largest absolute Gasteiger partial charge is 0.311 e. The van der Waals surface area contributed by atoms with Crippen LogP contribution in [0.4, 0.5) is 0 Å². The van der Waals surface area contributed by atoms with Crippen LogP contribution in [0.1, 0.15) is 58.3 Å². The molecule has 0 saturated heterocycles. The van der Waals surface area contributed by atoms with E-state index in [0.717, 1.165) is 41.7 Å². The smallest absolute Gasteiger partial charge is 0.00748 e. The first-order valence-electron chi connectivity index (χ1n) is 8.05. The first-order valence-corrected chi connectivity index (χ1v) is 8.05. The Hall–Kier alpha value is -0.0400. The Morgan fingerprint density at radius 2 is 1.47 bits per heavy atom. The zero-order valence-electron chi connectivity index (χ0n) is 11.2. The highest BCUT2D eigenvalue weighted by atomic mass is 15.0. The van der Waals surface area contributed by atoms with E-state index in [1.807, 2.05) is 0 Å². The molecule has 0 aromatic heterocycles. The van der Waals surface area contributed by atoms with Crippen LogP contribution < -0.4 is 5.32 Å². The summed E-state index contributed by atoms with van der Waals surface area (Å²) in [5.74, 6) is 5.47. The summed E-state index contributed by atoms with van der Waals surface area (Å²) in [5.41, 5.74) is 0. The SMILES string of the molecule is CC(NC1CCC1)C1C2CC3CC(C2)CC1C3. The molecule has 5 saturated carbocycles. The van der Waals surface area contributed by atoms with Crippen molar-refractivity contribution < 1.29 is 0 Å². The molecule has 5 aliphatic carbocycles. The van der Waals surface area contributed by atoms with Crippen molar-refractivity contribution in [1.82, 2.24) is 5.32 Å². The first kappa shape index (κ1) is 10.8. The van der Waals surface area contributed by atoms with E-state index < -0.39 is 0 Å². The van der Waals surface area contributed by atoms with Gasteiger partial charge in [-0.25, -0.2) is 0 Å². The van der Waals surface area contributed by atoms with Crippen molar-refractivity contribution in [2.75, 3.05) is 0 Å². The Morgan fingerprint density at radius 3 is 1.94 bits per heavy atom. The van der Waals surface area contributed by atoms with E-state index in [0.29, 0.717) is 0 Å². The summed E-state index contributed by atoms with van der Waals surface area (Å²) in [5, 5.41) is 3.94. The van der Waals surface area contributed by atoms with Crippen molar-refractivity contribution in [3.05, 3.63) is 0 Å². The first-order chi connectivity index (χ1) is 8.29. The average molecular weight is 233 g/mol. The molecule has 1 N–H and O–H groups in total. The third kappa shape index (κ3) is 1.77. The fourth-order valence-corrected chi connectivity index (χ4v) is 5.84. The van der Waals surface area contributed by atoms with Crippen LogP contribution in [0.25, 0.3) is 0 Å². The molecular weight excluding hydrogens is 206 g/mol. The zero-order chi connectivity index (χ0) is 11.4. The lowest BCUT2D eigenvalue weighted by Crippen LogP contribution is -2.54. The summed E-state index contributed by atoms with van der Waals surface area (Å²) in [6.45, 7) is 2.49. The summed E-state index contributed by atoms with van der Waals surface area (Å²) in [6.07, 6.45) is 12.2. The second-order valence-electron chi connectivity index (χ2n) is 7.59. The van der Waals surface area contributed by atoms with E-state index in [4.69, 9.17) is 0 Å². The van der Waals surface area contributed by atoms with Gasteiger partial charge in [0.05, 0.1) is 0 Å². The third-order valence-corrected chi connectivity index (χ3v) is 6.48. The van der Waals surface area contributed by atoms with Gasteiger partial charge in [0, 0.05) is 12.1 Å². The number of hydrogen-bond donors (Lipinski definition) is 1. The molecule has 0 radical (unpaired) electrons. The fraction of sp³-hybridized carbons (Fsp3) is 1.00. The van der Waals surface area contributed by atoms with E-state index >= 15 is 0 Å². The van der Waals surface area contributed by atoms with Gasteiger partial charge in [-0.1, -0.05) is 6.42 Å². The fourth-order valence-electron chi connectivity index (χ4n) is 5.84.